The van der Waals surface area contributed by atoms with E-state index in [0.29, 0.717) is 17.8 Å². The predicted octanol–water partition coefficient (Wildman–Crippen LogP) is 1.66. The first-order valence-electron chi connectivity index (χ1n) is 6.84. The van der Waals surface area contributed by atoms with Gasteiger partial charge < -0.3 is 15.2 Å². The molecule has 2 unspecified atom stereocenters. The number of esters is 1. The molecule has 1 aliphatic rings. The number of methoxy groups -OCH3 is 1. The summed E-state index contributed by atoms with van der Waals surface area (Å²) in [7, 11) is 1.37. The smallest absolute Gasteiger partial charge is 0.340 e. The van der Waals surface area contributed by atoms with Gasteiger partial charge in [-0.1, -0.05) is 12.1 Å². The standard InChI is InChI=1S/C15H22N2O3/c1-10-7-17(8-11(2)20-10)9-12-5-4-6-13(16)14(12)15(18)19-3/h4-6,10-11H,7-9,16H2,1-3H3. The first-order valence-corrected chi connectivity index (χ1v) is 6.84. The number of anilines is 1. The lowest BCUT2D eigenvalue weighted by molar-refractivity contribution is -0.0705. The number of carbonyl (C=O) groups excluding carboxylic acids is 1. The number of rotatable bonds is 3. The zero-order chi connectivity index (χ0) is 14.7. The van der Waals surface area contributed by atoms with Gasteiger partial charge in [0.25, 0.3) is 0 Å². The third kappa shape index (κ3) is 3.29. The highest BCUT2D eigenvalue weighted by Crippen LogP contribution is 2.21. The van der Waals surface area contributed by atoms with E-state index in [1.807, 2.05) is 12.1 Å². The molecule has 0 aromatic heterocycles. The van der Waals surface area contributed by atoms with Crippen molar-refractivity contribution in [3.8, 4) is 0 Å². The number of hydrogen-bond donors (Lipinski definition) is 1. The third-order valence-corrected chi connectivity index (χ3v) is 3.46. The van der Waals surface area contributed by atoms with E-state index in [1.54, 1.807) is 6.07 Å². The molecule has 5 heteroatoms. The van der Waals surface area contributed by atoms with Gasteiger partial charge in [0, 0.05) is 25.3 Å². The number of nitrogen functional groups attached to an aromatic ring is 1. The van der Waals surface area contributed by atoms with Crippen LogP contribution in [0.15, 0.2) is 18.2 Å². The van der Waals surface area contributed by atoms with E-state index in [2.05, 4.69) is 18.7 Å². The molecule has 0 aliphatic carbocycles. The van der Waals surface area contributed by atoms with Crippen LogP contribution in [0.5, 0.6) is 0 Å². The number of ether oxygens (including phenoxy) is 2. The second-order valence-electron chi connectivity index (χ2n) is 5.32. The lowest BCUT2D eigenvalue weighted by Gasteiger charge is -2.35. The van der Waals surface area contributed by atoms with E-state index < -0.39 is 0 Å². The predicted molar refractivity (Wildman–Crippen MR) is 77.5 cm³/mol. The van der Waals surface area contributed by atoms with Crippen LogP contribution in [0.2, 0.25) is 0 Å². The van der Waals surface area contributed by atoms with Crippen molar-refractivity contribution in [1.29, 1.82) is 0 Å². The van der Waals surface area contributed by atoms with Crippen LogP contribution in [0.4, 0.5) is 5.69 Å². The second kappa shape index (κ2) is 6.24. The monoisotopic (exact) mass is 278 g/mol. The van der Waals surface area contributed by atoms with Gasteiger partial charge in [-0.25, -0.2) is 4.79 Å². The maximum Gasteiger partial charge on any atom is 0.340 e. The van der Waals surface area contributed by atoms with Gasteiger partial charge in [0.05, 0.1) is 24.9 Å². The van der Waals surface area contributed by atoms with Gasteiger partial charge in [-0.05, 0) is 25.5 Å². The summed E-state index contributed by atoms with van der Waals surface area (Å²) in [5.74, 6) is -0.382. The second-order valence-corrected chi connectivity index (χ2v) is 5.32. The Kier molecular flexibility index (Phi) is 4.62. The van der Waals surface area contributed by atoms with E-state index in [4.69, 9.17) is 15.2 Å². The summed E-state index contributed by atoms with van der Waals surface area (Å²) in [6, 6.07) is 5.51. The van der Waals surface area contributed by atoms with Crippen molar-refractivity contribution in [3.05, 3.63) is 29.3 Å². The Bertz CT molecular complexity index is 480. The van der Waals surface area contributed by atoms with Crippen molar-refractivity contribution in [1.82, 2.24) is 4.90 Å². The highest BCUT2D eigenvalue weighted by Gasteiger charge is 2.24. The number of morpholine rings is 1. The molecule has 2 rings (SSSR count). The summed E-state index contributed by atoms with van der Waals surface area (Å²) in [6.45, 7) is 6.49. The zero-order valence-corrected chi connectivity index (χ0v) is 12.3. The van der Waals surface area contributed by atoms with Crippen LogP contribution in [0.1, 0.15) is 29.8 Å². The van der Waals surface area contributed by atoms with Crippen LogP contribution < -0.4 is 5.73 Å². The highest BCUT2D eigenvalue weighted by atomic mass is 16.5. The van der Waals surface area contributed by atoms with Crippen molar-refractivity contribution in [2.75, 3.05) is 25.9 Å². The van der Waals surface area contributed by atoms with Crippen LogP contribution >= 0.6 is 0 Å². The molecule has 20 heavy (non-hydrogen) atoms. The first kappa shape index (κ1) is 14.8. The summed E-state index contributed by atoms with van der Waals surface area (Å²) in [5.41, 5.74) is 7.75. The van der Waals surface area contributed by atoms with Gasteiger partial charge in [0.1, 0.15) is 0 Å². The van der Waals surface area contributed by atoms with Gasteiger partial charge in [0.15, 0.2) is 0 Å². The number of hydrogen-bond acceptors (Lipinski definition) is 5. The fraction of sp³-hybridized carbons (Fsp3) is 0.533. The van der Waals surface area contributed by atoms with Gasteiger partial charge >= 0.3 is 5.97 Å². The van der Waals surface area contributed by atoms with Crippen LogP contribution in [0.3, 0.4) is 0 Å². The molecular weight excluding hydrogens is 256 g/mol. The molecule has 1 saturated heterocycles. The first-order chi connectivity index (χ1) is 9.51. The van der Waals surface area contributed by atoms with Crippen LogP contribution in [0, 0.1) is 0 Å². The van der Waals surface area contributed by atoms with Crippen molar-refractivity contribution >= 4 is 11.7 Å². The quantitative estimate of drug-likeness (QED) is 0.673. The van der Waals surface area contributed by atoms with Gasteiger partial charge in [-0.3, -0.25) is 4.90 Å². The molecule has 0 amide bonds. The molecule has 2 N–H and O–H groups in total. The van der Waals surface area contributed by atoms with Crippen molar-refractivity contribution in [2.24, 2.45) is 0 Å². The number of benzene rings is 1. The molecule has 2 atom stereocenters. The minimum atomic E-state index is -0.382. The van der Waals surface area contributed by atoms with Gasteiger partial charge in [0.2, 0.25) is 0 Å². The summed E-state index contributed by atoms with van der Waals surface area (Å²) < 4.78 is 10.5. The average molecular weight is 278 g/mol. The Morgan fingerprint density at radius 3 is 2.65 bits per heavy atom. The molecule has 1 fully saturated rings. The average Bonchev–Trinajstić information content (AvgIpc) is 2.37. The maximum absolute atomic E-state index is 11.9. The summed E-state index contributed by atoms with van der Waals surface area (Å²) in [5, 5.41) is 0. The lowest BCUT2D eigenvalue weighted by Crippen LogP contribution is -2.45. The van der Waals surface area contributed by atoms with Crippen molar-refractivity contribution in [2.45, 2.75) is 32.6 Å². The number of nitrogens with zero attached hydrogens (tertiary/aromatic N) is 1. The van der Waals surface area contributed by atoms with Gasteiger partial charge in [-0.2, -0.15) is 0 Å². The third-order valence-electron chi connectivity index (χ3n) is 3.46. The molecule has 0 radical (unpaired) electrons. The summed E-state index contributed by atoms with van der Waals surface area (Å²) in [4.78, 5) is 14.2. The Morgan fingerprint density at radius 2 is 2.05 bits per heavy atom. The fourth-order valence-corrected chi connectivity index (χ4v) is 2.76. The molecule has 0 saturated carbocycles. The van der Waals surface area contributed by atoms with Crippen LogP contribution in [-0.2, 0) is 16.0 Å². The lowest BCUT2D eigenvalue weighted by atomic mass is 10.0. The molecule has 110 valence electrons. The number of nitrogens with two attached hydrogens (primary N) is 1. The van der Waals surface area contributed by atoms with Crippen LogP contribution in [-0.4, -0.2) is 43.3 Å². The Hall–Kier alpha value is -1.59. The minimum Gasteiger partial charge on any atom is -0.465 e. The number of carbonyl (C=O) groups is 1. The van der Waals surface area contributed by atoms with Gasteiger partial charge in [-0.15, -0.1) is 0 Å². The normalized spacial score (nSPS) is 23.6. The molecule has 0 spiro atoms. The summed E-state index contributed by atoms with van der Waals surface area (Å²) in [6.07, 6.45) is 0.391. The molecule has 1 aromatic rings. The Balaban J connectivity index is 2.20. The van der Waals surface area contributed by atoms with E-state index in [1.165, 1.54) is 7.11 Å². The molecule has 1 aliphatic heterocycles. The Morgan fingerprint density at radius 1 is 1.40 bits per heavy atom. The van der Waals surface area contributed by atoms with Crippen LogP contribution in [0.25, 0.3) is 0 Å². The zero-order valence-electron chi connectivity index (χ0n) is 12.3. The van der Waals surface area contributed by atoms with Crippen molar-refractivity contribution in [3.63, 3.8) is 0 Å². The molecule has 1 heterocycles. The van der Waals surface area contributed by atoms with E-state index >= 15 is 0 Å². The molecule has 5 nitrogen and oxygen atoms in total. The summed E-state index contributed by atoms with van der Waals surface area (Å²) >= 11 is 0. The largest absolute Gasteiger partial charge is 0.465 e. The molecular formula is C15H22N2O3. The molecule has 1 aromatic carbocycles. The maximum atomic E-state index is 11.9. The minimum absolute atomic E-state index is 0.196. The Labute approximate surface area is 119 Å². The van der Waals surface area contributed by atoms with E-state index in [0.717, 1.165) is 18.7 Å². The topological polar surface area (TPSA) is 64.8 Å². The van der Waals surface area contributed by atoms with E-state index in [9.17, 15) is 4.79 Å². The highest BCUT2D eigenvalue weighted by molar-refractivity contribution is 5.96. The van der Waals surface area contributed by atoms with E-state index in [-0.39, 0.29) is 18.2 Å². The molecule has 0 bridgehead atoms. The SMILES string of the molecule is COC(=O)c1c(N)cccc1CN1CC(C)OC(C)C1. The van der Waals surface area contributed by atoms with Crippen molar-refractivity contribution < 1.29 is 14.3 Å². The fourth-order valence-electron chi connectivity index (χ4n) is 2.76.